The largest absolute Gasteiger partial charge is 0.489 e. The summed E-state index contributed by atoms with van der Waals surface area (Å²) in [5.41, 5.74) is 10.5. The molecule has 0 unspecified atom stereocenters. The molecule has 8 nitrogen and oxygen atoms in total. The number of rotatable bonds is 7. The molecule has 6 N–H and O–H groups in total. The molecule has 12 heteroatoms. The zero-order valence-electron chi connectivity index (χ0n) is 20.9. The summed E-state index contributed by atoms with van der Waals surface area (Å²) in [7, 11) is 0. The average Bonchev–Trinajstić information content (AvgIpc) is 3.21. The Balaban J connectivity index is 1.76. The monoisotopic (exact) mass is 543 g/mol. The number of nitrogens with two attached hydrogens (primary N) is 2. The number of nitrogens with one attached hydrogen (secondary N) is 2. The Labute approximate surface area is 220 Å². The molecule has 4 rings (SSSR count). The minimum atomic E-state index is -4.85. The van der Waals surface area contributed by atoms with Gasteiger partial charge in [-0.15, -0.1) is 0 Å². The SMILES string of the molecule is CC(=N)c1cc(C(=O)NC[C@H](c2cc3c(c(-c4ccc(F)cc4)n2)OC[C@]3(C)C(N)=O)C(F)(F)F)ccc1N. The Bertz CT molecular complexity index is 1470. The number of benzene rings is 2. The van der Waals surface area contributed by atoms with E-state index in [-0.39, 0.29) is 51.7 Å². The number of alkyl halides is 3. The lowest BCUT2D eigenvalue weighted by atomic mass is 9.82. The number of anilines is 1. The number of carbonyl (C=O) groups excluding carboxylic acids is 2. The number of hydrogen-bond acceptors (Lipinski definition) is 6. The second-order valence-electron chi connectivity index (χ2n) is 9.50. The van der Waals surface area contributed by atoms with Crippen molar-refractivity contribution < 1.29 is 31.9 Å². The molecule has 2 atom stereocenters. The van der Waals surface area contributed by atoms with Crippen LogP contribution in [0, 0.1) is 11.2 Å². The van der Waals surface area contributed by atoms with Gasteiger partial charge in [-0.25, -0.2) is 9.37 Å². The van der Waals surface area contributed by atoms with E-state index in [2.05, 4.69) is 10.3 Å². The van der Waals surface area contributed by atoms with Gasteiger partial charge in [-0.3, -0.25) is 9.59 Å². The van der Waals surface area contributed by atoms with Gasteiger partial charge >= 0.3 is 6.18 Å². The number of amides is 2. The normalized spacial score (nSPS) is 17.2. The molecule has 0 radical (unpaired) electrons. The number of aromatic nitrogens is 1. The van der Waals surface area contributed by atoms with Crippen LogP contribution >= 0.6 is 0 Å². The first kappa shape index (κ1) is 27.6. The van der Waals surface area contributed by atoms with Gasteiger partial charge in [0.25, 0.3) is 5.91 Å². The van der Waals surface area contributed by atoms with Gasteiger partial charge < -0.3 is 26.9 Å². The average molecular weight is 544 g/mol. The van der Waals surface area contributed by atoms with E-state index >= 15 is 0 Å². The zero-order chi connectivity index (χ0) is 28.7. The maximum absolute atomic E-state index is 14.4. The summed E-state index contributed by atoms with van der Waals surface area (Å²) in [4.78, 5) is 29.3. The molecule has 1 aromatic heterocycles. The van der Waals surface area contributed by atoms with E-state index in [1.165, 1.54) is 44.2 Å². The number of nitrogen functional groups attached to an aromatic ring is 1. The number of carbonyl (C=O) groups is 2. The summed E-state index contributed by atoms with van der Waals surface area (Å²) in [6.07, 6.45) is -4.85. The minimum absolute atomic E-state index is 0.0160. The molecule has 2 amide bonds. The van der Waals surface area contributed by atoms with Crippen molar-refractivity contribution in [2.24, 2.45) is 5.73 Å². The Kier molecular flexibility index (Phi) is 7.07. The van der Waals surface area contributed by atoms with E-state index < -0.39 is 47.4 Å². The van der Waals surface area contributed by atoms with E-state index in [0.29, 0.717) is 0 Å². The smallest absolute Gasteiger partial charge is 0.398 e. The van der Waals surface area contributed by atoms with Crippen molar-refractivity contribution in [3.05, 3.63) is 76.7 Å². The number of fused-ring (bicyclic) bond motifs is 1. The van der Waals surface area contributed by atoms with Crippen LogP contribution in [0.3, 0.4) is 0 Å². The minimum Gasteiger partial charge on any atom is -0.489 e. The highest BCUT2D eigenvalue weighted by atomic mass is 19.4. The lowest BCUT2D eigenvalue weighted by Crippen LogP contribution is -2.40. The van der Waals surface area contributed by atoms with Crippen molar-refractivity contribution in [1.82, 2.24) is 10.3 Å². The van der Waals surface area contributed by atoms with Crippen LogP contribution in [0.1, 0.15) is 46.9 Å². The highest BCUT2D eigenvalue weighted by Gasteiger charge is 2.47. The molecular formula is C27H25F4N5O3. The van der Waals surface area contributed by atoms with Gasteiger partial charge in [0.2, 0.25) is 5.91 Å². The molecule has 204 valence electrons. The van der Waals surface area contributed by atoms with Crippen molar-refractivity contribution in [2.45, 2.75) is 31.4 Å². The van der Waals surface area contributed by atoms with E-state index in [0.717, 1.165) is 18.2 Å². The molecule has 1 aliphatic heterocycles. The fourth-order valence-corrected chi connectivity index (χ4v) is 4.30. The topological polar surface area (TPSA) is 144 Å². The molecule has 0 saturated carbocycles. The highest BCUT2D eigenvalue weighted by Crippen LogP contribution is 2.46. The molecule has 0 bridgehead atoms. The molecule has 3 aromatic rings. The predicted octanol–water partition coefficient (Wildman–Crippen LogP) is 4.07. The van der Waals surface area contributed by atoms with Crippen molar-refractivity contribution in [3.63, 3.8) is 0 Å². The van der Waals surface area contributed by atoms with Crippen LogP contribution in [-0.4, -0.2) is 41.8 Å². The maximum Gasteiger partial charge on any atom is 0.398 e. The van der Waals surface area contributed by atoms with Crippen molar-refractivity contribution in [3.8, 4) is 17.0 Å². The quantitative estimate of drug-likeness (QED) is 0.202. The molecule has 39 heavy (non-hydrogen) atoms. The molecule has 2 heterocycles. The lowest BCUT2D eigenvalue weighted by Gasteiger charge is -2.24. The number of nitrogens with zero attached hydrogens (tertiary/aromatic N) is 1. The van der Waals surface area contributed by atoms with Gasteiger partial charge in [0.05, 0.1) is 5.69 Å². The number of hydrogen-bond donors (Lipinski definition) is 4. The molecular weight excluding hydrogens is 518 g/mol. The zero-order valence-corrected chi connectivity index (χ0v) is 20.9. The summed E-state index contributed by atoms with van der Waals surface area (Å²) in [6, 6.07) is 10.1. The third-order valence-corrected chi connectivity index (χ3v) is 6.69. The summed E-state index contributed by atoms with van der Waals surface area (Å²) < 4.78 is 62.3. The first-order valence-electron chi connectivity index (χ1n) is 11.8. The van der Waals surface area contributed by atoms with Crippen LogP contribution in [0.25, 0.3) is 11.3 Å². The number of pyridine rings is 1. The molecule has 0 saturated heterocycles. The third-order valence-electron chi connectivity index (χ3n) is 6.69. The van der Waals surface area contributed by atoms with Crippen molar-refractivity contribution in [1.29, 1.82) is 5.41 Å². The van der Waals surface area contributed by atoms with Gasteiger partial charge in [-0.1, -0.05) is 0 Å². The summed E-state index contributed by atoms with van der Waals surface area (Å²) in [5.74, 6) is -4.37. The second kappa shape index (κ2) is 10.0. The van der Waals surface area contributed by atoms with Gasteiger partial charge in [0.15, 0.2) is 0 Å². The second-order valence-corrected chi connectivity index (χ2v) is 9.50. The van der Waals surface area contributed by atoms with Crippen LogP contribution in [0.5, 0.6) is 5.75 Å². The van der Waals surface area contributed by atoms with E-state index in [4.69, 9.17) is 21.6 Å². The molecule has 1 aliphatic rings. The summed E-state index contributed by atoms with van der Waals surface area (Å²) in [5, 5.41) is 10.1. The highest BCUT2D eigenvalue weighted by molar-refractivity contribution is 6.04. The summed E-state index contributed by atoms with van der Waals surface area (Å²) >= 11 is 0. The van der Waals surface area contributed by atoms with E-state index in [1.54, 1.807) is 0 Å². The Hall–Kier alpha value is -4.48. The molecule has 0 aliphatic carbocycles. The fourth-order valence-electron chi connectivity index (χ4n) is 4.30. The van der Waals surface area contributed by atoms with Crippen LogP contribution < -0.4 is 21.5 Å². The van der Waals surface area contributed by atoms with Gasteiger partial charge in [-0.05, 0) is 62.4 Å². The van der Waals surface area contributed by atoms with Crippen molar-refractivity contribution >= 4 is 23.2 Å². The van der Waals surface area contributed by atoms with E-state index in [9.17, 15) is 27.2 Å². The Morgan fingerprint density at radius 2 is 1.85 bits per heavy atom. The molecule has 2 aromatic carbocycles. The van der Waals surface area contributed by atoms with E-state index in [1.807, 2.05) is 0 Å². The molecule has 0 spiro atoms. The first-order valence-corrected chi connectivity index (χ1v) is 11.8. The lowest BCUT2D eigenvalue weighted by molar-refractivity contribution is -0.149. The first-order chi connectivity index (χ1) is 18.2. The van der Waals surface area contributed by atoms with Gasteiger partial charge in [0.1, 0.15) is 35.2 Å². The third kappa shape index (κ3) is 5.27. The number of primary amides is 1. The Morgan fingerprint density at radius 1 is 1.18 bits per heavy atom. The van der Waals surface area contributed by atoms with Gasteiger partial charge in [0, 0.05) is 40.2 Å². The fraction of sp³-hybridized carbons (Fsp3) is 0.259. The van der Waals surface area contributed by atoms with Crippen LogP contribution in [-0.2, 0) is 10.2 Å². The predicted molar refractivity (Wildman–Crippen MR) is 136 cm³/mol. The molecule has 0 fully saturated rings. The summed E-state index contributed by atoms with van der Waals surface area (Å²) in [6.45, 7) is 1.83. The van der Waals surface area contributed by atoms with Crippen molar-refractivity contribution in [2.75, 3.05) is 18.9 Å². The number of ether oxygens (including phenoxy) is 1. The Morgan fingerprint density at radius 3 is 2.44 bits per heavy atom. The standard InChI is InChI=1S/C27H25F4N5O3/c1-13(32)17-9-15(5-8-20(17)33)24(37)35-11-19(27(29,30)31)21-10-18-23(39-12-26(18,2)25(34)38)22(36-21)14-3-6-16(28)7-4-14/h3-10,19,32H,11-12,33H2,1-2H3,(H2,34,38)(H,35,37)/t19-,26+/m1/s1. The number of halogens is 4. The van der Waals surface area contributed by atoms with Crippen LogP contribution in [0.15, 0.2) is 48.5 Å². The van der Waals surface area contributed by atoms with Crippen LogP contribution in [0.2, 0.25) is 0 Å². The maximum atomic E-state index is 14.4. The van der Waals surface area contributed by atoms with Crippen LogP contribution in [0.4, 0.5) is 23.2 Å². The van der Waals surface area contributed by atoms with Gasteiger partial charge in [-0.2, -0.15) is 13.2 Å².